The number of rotatable bonds is 5. The lowest BCUT2D eigenvalue weighted by atomic mass is 10.2. The molecule has 19 heavy (non-hydrogen) atoms. The Hall–Kier alpha value is -0.650. The van der Waals surface area contributed by atoms with Crippen LogP contribution >= 0.6 is 11.3 Å². The average molecular weight is 280 g/mol. The lowest BCUT2D eigenvalue weighted by Crippen LogP contribution is -2.47. The molecule has 2 aliphatic rings. The van der Waals surface area contributed by atoms with Crippen LogP contribution in [0.5, 0.6) is 0 Å². The van der Waals surface area contributed by atoms with E-state index in [1.165, 1.54) is 41.6 Å². The molecule has 1 saturated heterocycles. The van der Waals surface area contributed by atoms with E-state index in [1.807, 2.05) is 0 Å². The van der Waals surface area contributed by atoms with Crippen molar-refractivity contribution in [3.63, 3.8) is 0 Å². The van der Waals surface area contributed by atoms with E-state index in [0.717, 1.165) is 32.0 Å². The molecule has 4 nitrogen and oxygen atoms in total. The van der Waals surface area contributed by atoms with Gasteiger partial charge in [0, 0.05) is 43.6 Å². The fraction of sp³-hybridized carbons (Fsp3) is 0.786. The van der Waals surface area contributed by atoms with Crippen molar-refractivity contribution in [3.8, 4) is 0 Å². The van der Waals surface area contributed by atoms with Crippen LogP contribution in [0.2, 0.25) is 0 Å². The first-order chi connectivity index (χ1) is 9.31. The number of piperazine rings is 1. The van der Waals surface area contributed by atoms with Gasteiger partial charge < -0.3 is 10.6 Å². The zero-order valence-corrected chi connectivity index (χ0v) is 12.6. The van der Waals surface area contributed by atoms with E-state index < -0.39 is 0 Å². The van der Waals surface area contributed by atoms with Gasteiger partial charge in [-0.3, -0.25) is 4.90 Å². The summed E-state index contributed by atoms with van der Waals surface area (Å²) in [4.78, 5) is 11.2. The van der Waals surface area contributed by atoms with E-state index in [0.29, 0.717) is 6.54 Å². The SMILES string of the molecule is CCCc1nc(N2CCN(C3CC3)CC2)sc1CN. The maximum Gasteiger partial charge on any atom is 0.185 e. The van der Waals surface area contributed by atoms with Gasteiger partial charge in [-0.15, -0.1) is 11.3 Å². The van der Waals surface area contributed by atoms with Crippen molar-refractivity contribution in [2.75, 3.05) is 31.1 Å². The van der Waals surface area contributed by atoms with Gasteiger partial charge in [0.15, 0.2) is 5.13 Å². The zero-order chi connectivity index (χ0) is 13.2. The van der Waals surface area contributed by atoms with Crippen molar-refractivity contribution in [1.82, 2.24) is 9.88 Å². The molecule has 0 amide bonds. The summed E-state index contributed by atoms with van der Waals surface area (Å²) in [5, 5.41) is 1.19. The minimum Gasteiger partial charge on any atom is -0.346 e. The Balaban J connectivity index is 1.65. The van der Waals surface area contributed by atoms with Crippen LogP contribution in [0.4, 0.5) is 5.13 Å². The number of aryl methyl sites for hydroxylation is 1. The highest BCUT2D eigenvalue weighted by molar-refractivity contribution is 7.15. The first kappa shape index (κ1) is 13.3. The number of thiazole rings is 1. The van der Waals surface area contributed by atoms with Crippen LogP contribution in [0.25, 0.3) is 0 Å². The van der Waals surface area contributed by atoms with Crippen molar-refractivity contribution in [1.29, 1.82) is 0 Å². The number of anilines is 1. The van der Waals surface area contributed by atoms with Crippen LogP contribution in [0.15, 0.2) is 0 Å². The molecule has 2 N–H and O–H groups in total. The predicted molar refractivity (Wildman–Crippen MR) is 80.8 cm³/mol. The average Bonchev–Trinajstić information content (AvgIpc) is 3.21. The summed E-state index contributed by atoms with van der Waals surface area (Å²) in [5.41, 5.74) is 7.07. The van der Waals surface area contributed by atoms with Crippen molar-refractivity contribution < 1.29 is 0 Å². The van der Waals surface area contributed by atoms with Crippen molar-refractivity contribution in [3.05, 3.63) is 10.6 Å². The number of nitrogens with two attached hydrogens (primary N) is 1. The molecule has 5 heteroatoms. The second kappa shape index (κ2) is 5.77. The van der Waals surface area contributed by atoms with Crippen molar-refractivity contribution in [2.45, 2.75) is 45.2 Å². The molecule has 0 spiro atoms. The minimum atomic E-state index is 0.634. The normalized spacial score (nSPS) is 21.1. The molecule has 1 saturated carbocycles. The van der Waals surface area contributed by atoms with Gasteiger partial charge in [-0.1, -0.05) is 13.3 Å². The van der Waals surface area contributed by atoms with Gasteiger partial charge in [0.25, 0.3) is 0 Å². The zero-order valence-electron chi connectivity index (χ0n) is 11.8. The molecule has 2 heterocycles. The Morgan fingerprint density at radius 1 is 1.26 bits per heavy atom. The summed E-state index contributed by atoms with van der Waals surface area (Å²) in [7, 11) is 0. The first-order valence-corrected chi connectivity index (χ1v) is 8.31. The van der Waals surface area contributed by atoms with E-state index >= 15 is 0 Å². The van der Waals surface area contributed by atoms with Crippen LogP contribution < -0.4 is 10.6 Å². The topological polar surface area (TPSA) is 45.4 Å². The summed E-state index contributed by atoms with van der Waals surface area (Å²) in [6.07, 6.45) is 5.03. The molecule has 0 aromatic carbocycles. The third-order valence-corrected chi connectivity index (χ3v) is 5.27. The number of hydrogen-bond acceptors (Lipinski definition) is 5. The molecule has 1 aromatic rings. The third kappa shape index (κ3) is 2.93. The number of nitrogens with zero attached hydrogens (tertiary/aromatic N) is 3. The largest absolute Gasteiger partial charge is 0.346 e. The van der Waals surface area contributed by atoms with Crippen molar-refractivity contribution in [2.24, 2.45) is 5.73 Å². The second-order valence-corrected chi connectivity index (χ2v) is 6.64. The molecule has 3 rings (SSSR count). The molecule has 0 radical (unpaired) electrons. The highest BCUT2D eigenvalue weighted by atomic mass is 32.1. The fourth-order valence-electron chi connectivity index (χ4n) is 2.81. The molecule has 0 bridgehead atoms. The molecule has 106 valence electrons. The van der Waals surface area contributed by atoms with Gasteiger partial charge in [0.2, 0.25) is 0 Å². The molecular formula is C14H24N4S. The Bertz CT molecular complexity index is 419. The molecular weight excluding hydrogens is 256 g/mol. The first-order valence-electron chi connectivity index (χ1n) is 7.49. The number of aromatic nitrogens is 1. The quantitative estimate of drug-likeness (QED) is 0.894. The predicted octanol–water partition coefficient (Wildman–Crippen LogP) is 1.84. The van der Waals surface area contributed by atoms with Crippen molar-refractivity contribution >= 4 is 16.5 Å². The van der Waals surface area contributed by atoms with Gasteiger partial charge in [0.05, 0.1) is 5.69 Å². The van der Waals surface area contributed by atoms with E-state index in [2.05, 4.69) is 16.7 Å². The van der Waals surface area contributed by atoms with Crippen LogP contribution in [0, 0.1) is 0 Å². The molecule has 2 fully saturated rings. The maximum atomic E-state index is 5.84. The fourth-order valence-corrected chi connectivity index (χ4v) is 3.85. The monoisotopic (exact) mass is 280 g/mol. The van der Waals surface area contributed by atoms with Crippen LogP contribution in [0.1, 0.15) is 36.8 Å². The maximum absolute atomic E-state index is 5.84. The Morgan fingerprint density at radius 3 is 2.58 bits per heavy atom. The third-order valence-electron chi connectivity index (χ3n) is 4.09. The summed E-state index contributed by atoms with van der Waals surface area (Å²) in [6, 6.07) is 0.897. The van der Waals surface area contributed by atoms with Gasteiger partial charge in [-0.05, 0) is 19.3 Å². The lowest BCUT2D eigenvalue weighted by Gasteiger charge is -2.34. The molecule has 1 aliphatic carbocycles. The van der Waals surface area contributed by atoms with Gasteiger partial charge in [0.1, 0.15) is 0 Å². The van der Waals surface area contributed by atoms with Gasteiger partial charge in [-0.25, -0.2) is 4.98 Å². The molecule has 0 unspecified atom stereocenters. The highest BCUT2D eigenvalue weighted by Crippen LogP contribution is 2.31. The van der Waals surface area contributed by atoms with Gasteiger partial charge >= 0.3 is 0 Å². The highest BCUT2D eigenvalue weighted by Gasteiger charge is 2.31. The Morgan fingerprint density at radius 2 is 2.00 bits per heavy atom. The summed E-state index contributed by atoms with van der Waals surface area (Å²) >= 11 is 1.80. The smallest absolute Gasteiger partial charge is 0.185 e. The molecule has 1 aromatic heterocycles. The molecule has 0 atom stereocenters. The Labute approximate surface area is 119 Å². The summed E-state index contributed by atoms with van der Waals surface area (Å²) in [6.45, 7) is 7.48. The minimum absolute atomic E-state index is 0.634. The summed E-state index contributed by atoms with van der Waals surface area (Å²) in [5.74, 6) is 0. The van der Waals surface area contributed by atoms with Gasteiger partial charge in [-0.2, -0.15) is 0 Å². The van der Waals surface area contributed by atoms with Crippen LogP contribution in [-0.4, -0.2) is 42.1 Å². The molecule has 1 aliphatic heterocycles. The summed E-state index contributed by atoms with van der Waals surface area (Å²) < 4.78 is 0. The van der Waals surface area contributed by atoms with E-state index in [9.17, 15) is 0 Å². The van der Waals surface area contributed by atoms with Crippen LogP contribution in [-0.2, 0) is 13.0 Å². The lowest BCUT2D eigenvalue weighted by molar-refractivity contribution is 0.248. The van der Waals surface area contributed by atoms with Crippen LogP contribution in [0.3, 0.4) is 0 Å². The second-order valence-electron chi connectivity index (χ2n) is 5.57. The van der Waals surface area contributed by atoms with E-state index in [-0.39, 0.29) is 0 Å². The Kier molecular flexibility index (Phi) is 4.05. The van der Waals surface area contributed by atoms with E-state index in [4.69, 9.17) is 10.7 Å². The van der Waals surface area contributed by atoms with E-state index in [1.54, 1.807) is 11.3 Å². The number of hydrogen-bond donors (Lipinski definition) is 1. The standard InChI is InChI=1S/C14H24N4S/c1-2-3-12-13(10-15)19-14(16-12)18-8-6-17(7-9-18)11-4-5-11/h11H,2-10,15H2,1H3.